The summed E-state index contributed by atoms with van der Waals surface area (Å²) < 4.78 is 0. The van der Waals surface area contributed by atoms with Crippen molar-refractivity contribution in [3.8, 4) is 0 Å². The molecule has 0 aliphatic heterocycles. The van der Waals surface area contributed by atoms with Crippen LogP contribution in [0.4, 0.5) is 0 Å². The minimum atomic E-state index is -0.221. The van der Waals surface area contributed by atoms with Crippen molar-refractivity contribution in [2.24, 2.45) is 5.92 Å². The molecule has 1 aliphatic rings. The molecule has 0 aromatic carbocycles. The molecule has 4 heteroatoms. The number of hydrogen-bond donors (Lipinski definition) is 2. The minimum Gasteiger partial charge on any atom is -0.356 e. The molecule has 0 unspecified atom stereocenters. The lowest BCUT2D eigenvalue weighted by Gasteiger charge is -2.09. The zero-order valence-electron chi connectivity index (χ0n) is 8.29. The third kappa shape index (κ3) is 4.65. The van der Waals surface area contributed by atoms with Gasteiger partial charge in [-0.05, 0) is 18.8 Å². The number of amides is 1. The van der Waals surface area contributed by atoms with E-state index in [0.29, 0.717) is 5.92 Å². The lowest BCUT2D eigenvalue weighted by atomic mass is 10.1. The van der Waals surface area contributed by atoms with Crippen molar-refractivity contribution >= 4 is 23.7 Å². The highest BCUT2D eigenvalue weighted by molar-refractivity contribution is 7.96. The molecule has 1 fully saturated rings. The second kappa shape index (κ2) is 6.06. The van der Waals surface area contributed by atoms with Crippen molar-refractivity contribution in [3.05, 3.63) is 0 Å². The number of hydrogen-bond acceptors (Lipinski definition) is 2. The Labute approximate surface area is 90.0 Å². The van der Waals surface area contributed by atoms with Gasteiger partial charge >= 0.3 is 0 Å². The molecule has 1 saturated carbocycles. The lowest BCUT2D eigenvalue weighted by molar-refractivity contribution is -0.123. The largest absolute Gasteiger partial charge is 0.356 e. The van der Waals surface area contributed by atoms with E-state index in [0.717, 1.165) is 6.54 Å². The quantitative estimate of drug-likeness (QED) is 0.683. The molecule has 1 N–H and O–H groups in total. The van der Waals surface area contributed by atoms with Crippen LogP contribution >= 0.6 is 12.6 Å². The summed E-state index contributed by atoms with van der Waals surface area (Å²) in [5.74, 6) is 0.630. The Morgan fingerprint density at radius 3 is 2.43 bits per heavy atom. The Morgan fingerprint density at radius 1 is 1.21 bits per heavy atom. The van der Waals surface area contributed by atoms with Crippen LogP contribution in [-0.2, 0) is 9.59 Å². The van der Waals surface area contributed by atoms with E-state index in [1.54, 1.807) is 0 Å². The van der Waals surface area contributed by atoms with Crippen LogP contribution in [0.1, 0.15) is 38.5 Å². The molecule has 0 radical (unpaired) electrons. The van der Waals surface area contributed by atoms with Crippen molar-refractivity contribution in [2.75, 3.05) is 6.54 Å². The Kier molecular flexibility index (Phi) is 5.01. The number of carbonyl (C=O) groups excluding carboxylic acids is 2. The summed E-state index contributed by atoms with van der Waals surface area (Å²) in [4.78, 5) is 21.7. The third-order valence-electron chi connectivity index (χ3n) is 2.63. The van der Waals surface area contributed by atoms with Crippen LogP contribution < -0.4 is 5.32 Å². The zero-order valence-corrected chi connectivity index (χ0v) is 9.19. The van der Waals surface area contributed by atoms with Crippen molar-refractivity contribution in [3.63, 3.8) is 0 Å². The van der Waals surface area contributed by atoms with Gasteiger partial charge in [0.25, 0.3) is 0 Å². The predicted molar refractivity (Wildman–Crippen MR) is 58.2 cm³/mol. The second-order valence-electron chi connectivity index (χ2n) is 3.85. The maximum atomic E-state index is 11.2. The summed E-state index contributed by atoms with van der Waals surface area (Å²) in [5.41, 5.74) is 0. The molecule has 0 bridgehead atoms. The highest BCUT2D eigenvalue weighted by Crippen LogP contribution is 2.23. The maximum Gasteiger partial charge on any atom is 0.220 e. The first-order valence-electron chi connectivity index (χ1n) is 5.17. The van der Waals surface area contributed by atoms with Gasteiger partial charge in [0.05, 0.1) is 0 Å². The molecule has 1 amide bonds. The van der Waals surface area contributed by atoms with Crippen LogP contribution in [-0.4, -0.2) is 17.6 Å². The second-order valence-corrected chi connectivity index (χ2v) is 4.35. The van der Waals surface area contributed by atoms with E-state index in [1.807, 2.05) is 0 Å². The van der Waals surface area contributed by atoms with Crippen LogP contribution in [0, 0.1) is 5.92 Å². The normalized spacial score (nSPS) is 16.9. The molecule has 80 valence electrons. The zero-order chi connectivity index (χ0) is 10.4. The summed E-state index contributed by atoms with van der Waals surface area (Å²) in [7, 11) is 0. The maximum absolute atomic E-state index is 11.2. The van der Waals surface area contributed by atoms with Crippen molar-refractivity contribution in [1.29, 1.82) is 0 Å². The highest BCUT2D eigenvalue weighted by Gasteiger charge is 2.15. The van der Waals surface area contributed by atoms with Crippen LogP contribution in [0.3, 0.4) is 0 Å². The van der Waals surface area contributed by atoms with Gasteiger partial charge in [-0.2, -0.15) is 0 Å². The van der Waals surface area contributed by atoms with Crippen molar-refractivity contribution < 1.29 is 9.59 Å². The summed E-state index contributed by atoms with van der Waals surface area (Å²) >= 11 is 3.61. The van der Waals surface area contributed by atoms with Crippen LogP contribution in [0.2, 0.25) is 0 Å². The fourth-order valence-electron chi connectivity index (χ4n) is 1.78. The van der Waals surface area contributed by atoms with Gasteiger partial charge < -0.3 is 5.32 Å². The summed E-state index contributed by atoms with van der Waals surface area (Å²) in [6.45, 7) is 0.777. The average Bonchev–Trinajstić information content (AvgIpc) is 2.63. The SMILES string of the molecule is O=C(S)CCC(=O)NCC1CCCC1. The average molecular weight is 215 g/mol. The summed E-state index contributed by atoms with van der Waals surface area (Å²) in [5, 5.41) is 2.63. The molecule has 0 spiro atoms. The summed E-state index contributed by atoms with van der Waals surface area (Å²) in [6.07, 6.45) is 5.54. The van der Waals surface area contributed by atoms with Crippen LogP contribution in [0.25, 0.3) is 0 Å². The summed E-state index contributed by atoms with van der Waals surface area (Å²) in [6, 6.07) is 0. The van der Waals surface area contributed by atoms with E-state index >= 15 is 0 Å². The highest BCUT2D eigenvalue weighted by atomic mass is 32.1. The number of carbonyl (C=O) groups is 2. The van der Waals surface area contributed by atoms with Gasteiger partial charge in [0.15, 0.2) is 5.12 Å². The van der Waals surface area contributed by atoms with Gasteiger partial charge in [0.1, 0.15) is 0 Å². The van der Waals surface area contributed by atoms with E-state index in [9.17, 15) is 9.59 Å². The Balaban J connectivity index is 2.05. The first-order valence-corrected chi connectivity index (χ1v) is 5.61. The Bertz CT molecular complexity index is 212. The van der Waals surface area contributed by atoms with Gasteiger partial charge in [0, 0.05) is 19.4 Å². The molecular weight excluding hydrogens is 198 g/mol. The molecular formula is C10H17NO2S. The van der Waals surface area contributed by atoms with E-state index in [-0.39, 0.29) is 23.9 Å². The van der Waals surface area contributed by atoms with E-state index in [1.165, 1.54) is 25.7 Å². The molecule has 0 saturated heterocycles. The molecule has 0 aromatic heterocycles. The van der Waals surface area contributed by atoms with E-state index < -0.39 is 0 Å². The number of nitrogens with one attached hydrogen (secondary N) is 1. The molecule has 0 aromatic rings. The lowest BCUT2D eigenvalue weighted by Crippen LogP contribution is -2.28. The Hall–Kier alpha value is -0.510. The molecule has 0 atom stereocenters. The number of thiol groups is 1. The van der Waals surface area contributed by atoms with Gasteiger partial charge in [-0.3, -0.25) is 9.59 Å². The van der Waals surface area contributed by atoms with E-state index in [2.05, 4.69) is 17.9 Å². The monoisotopic (exact) mass is 215 g/mol. The van der Waals surface area contributed by atoms with Crippen molar-refractivity contribution in [1.82, 2.24) is 5.32 Å². The van der Waals surface area contributed by atoms with Crippen LogP contribution in [0.5, 0.6) is 0 Å². The molecule has 1 aliphatic carbocycles. The predicted octanol–water partition coefficient (Wildman–Crippen LogP) is 1.53. The topological polar surface area (TPSA) is 46.2 Å². The fourth-order valence-corrected chi connectivity index (χ4v) is 1.89. The first kappa shape index (κ1) is 11.6. The van der Waals surface area contributed by atoms with Crippen LogP contribution in [0.15, 0.2) is 0 Å². The van der Waals surface area contributed by atoms with Gasteiger partial charge in [0.2, 0.25) is 5.91 Å². The first-order chi connectivity index (χ1) is 6.68. The smallest absolute Gasteiger partial charge is 0.220 e. The van der Waals surface area contributed by atoms with Gasteiger partial charge in [-0.25, -0.2) is 0 Å². The fraction of sp³-hybridized carbons (Fsp3) is 0.800. The molecule has 3 nitrogen and oxygen atoms in total. The Morgan fingerprint density at radius 2 is 1.86 bits per heavy atom. The van der Waals surface area contributed by atoms with Crippen molar-refractivity contribution in [2.45, 2.75) is 38.5 Å². The molecule has 0 heterocycles. The van der Waals surface area contributed by atoms with Gasteiger partial charge in [-0.15, -0.1) is 12.6 Å². The molecule has 14 heavy (non-hydrogen) atoms. The van der Waals surface area contributed by atoms with E-state index in [4.69, 9.17) is 0 Å². The van der Waals surface area contributed by atoms with Gasteiger partial charge in [-0.1, -0.05) is 12.8 Å². The standard InChI is InChI=1S/C10H17NO2S/c12-9(5-6-10(13)14)11-7-8-3-1-2-4-8/h8H,1-7H2,(H,11,12)(H,13,14). The number of rotatable bonds is 5. The minimum absolute atomic E-state index is 0.0284. The third-order valence-corrected chi connectivity index (χ3v) is 2.85. The molecule has 1 rings (SSSR count).